The van der Waals surface area contributed by atoms with E-state index in [9.17, 15) is 9.59 Å². The average molecular weight is 672 g/mol. The number of rotatable bonds is 11. The number of hydrogen-bond acceptors (Lipinski definition) is 7. The Morgan fingerprint density at radius 1 is 1.10 bits per heavy atom. The summed E-state index contributed by atoms with van der Waals surface area (Å²) < 4.78 is 17.9. The molecule has 3 N–H and O–H groups in total. The van der Waals surface area contributed by atoms with E-state index in [0.717, 1.165) is 10.0 Å². The van der Waals surface area contributed by atoms with Crippen LogP contribution in [0.2, 0.25) is 5.02 Å². The van der Waals surface area contributed by atoms with E-state index in [2.05, 4.69) is 37.1 Å². The molecule has 3 aromatic carbocycles. The number of nitrogens with one attached hydrogen (secondary N) is 3. The van der Waals surface area contributed by atoms with Gasteiger partial charge in [-0.05, 0) is 56.4 Å². The van der Waals surface area contributed by atoms with Gasteiger partial charge in [0.25, 0.3) is 5.91 Å². The predicted molar refractivity (Wildman–Crippen MR) is 169 cm³/mol. The molecule has 1 aliphatic heterocycles. The molecule has 0 saturated carbocycles. The summed E-state index contributed by atoms with van der Waals surface area (Å²) in [5, 5.41) is 11.1. The number of hydrazone groups is 1. The highest BCUT2D eigenvalue weighted by Crippen LogP contribution is 2.33. The first-order valence-corrected chi connectivity index (χ1v) is 14.5. The van der Waals surface area contributed by atoms with E-state index in [1.54, 1.807) is 50.2 Å². The lowest BCUT2D eigenvalue weighted by molar-refractivity contribution is -0.139. The maximum atomic E-state index is 12.7. The van der Waals surface area contributed by atoms with Gasteiger partial charge in [-0.3, -0.25) is 4.79 Å². The normalized spacial score (nSPS) is 14.7. The maximum Gasteiger partial charge on any atom is 0.338 e. The summed E-state index contributed by atoms with van der Waals surface area (Å²) in [5.74, 6) is -0.00188. The van der Waals surface area contributed by atoms with Crippen LogP contribution in [0.5, 0.6) is 11.5 Å². The van der Waals surface area contributed by atoms with Crippen molar-refractivity contribution in [1.82, 2.24) is 16.1 Å². The number of halogens is 2. The lowest BCUT2D eigenvalue weighted by Crippen LogP contribution is -2.45. The third-order valence-electron chi connectivity index (χ3n) is 6.06. The number of amides is 1. The Balaban J connectivity index is 1.42. The third-order valence-corrected chi connectivity index (χ3v) is 7.14. The monoisotopic (exact) mass is 670 g/mol. The molecule has 0 fully saturated rings. The zero-order valence-electron chi connectivity index (χ0n) is 22.8. The summed E-state index contributed by atoms with van der Waals surface area (Å²) in [5.41, 5.74) is 5.53. The average Bonchev–Trinajstić information content (AvgIpc) is 2.96. The summed E-state index contributed by atoms with van der Waals surface area (Å²) in [6.45, 7) is 3.65. The molecule has 1 heterocycles. The number of nitrogens with zero attached hydrogens (tertiary/aromatic N) is 1. The molecule has 0 aromatic heterocycles. The molecule has 0 saturated heterocycles. The quantitative estimate of drug-likeness (QED) is 0.105. The molecule has 3 aromatic rings. The summed E-state index contributed by atoms with van der Waals surface area (Å²) in [7, 11) is 0. The molecule has 0 spiro atoms. The van der Waals surface area contributed by atoms with Crippen LogP contribution in [0.4, 0.5) is 0 Å². The fourth-order valence-corrected chi connectivity index (χ4v) is 4.97. The van der Waals surface area contributed by atoms with Gasteiger partial charge in [0.15, 0.2) is 11.7 Å². The zero-order valence-corrected chi connectivity index (χ0v) is 25.9. The van der Waals surface area contributed by atoms with Crippen LogP contribution in [0.15, 0.2) is 87.6 Å². The lowest BCUT2D eigenvalue weighted by Gasteiger charge is -2.30. The topological polar surface area (TPSA) is 110 Å². The van der Waals surface area contributed by atoms with Crippen LogP contribution in [-0.4, -0.2) is 36.4 Å². The summed E-state index contributed by atoms with van der Waals surface area (Å²) >= 11 is 15.0. The molecule has 1 atom stereocenters. The van der Waals surface area contributed by atoms with Gasteiger partial charge in [-0.1, -0.05) is 63.9 Å². The lowest BCUT2D eigenvalue weighted by atomic mass is 9.95. The van der Waals surface area contributed by atoms with E-state index in [1.165, 1.54) is 6.21 Å². The second kappa shape index (κ2) is 14.8. The van der Waals surface area contributed by atoms with Gasteiger partial charge in [0.1, 0.15) is 18.1 Å². The molecule has 1 amide bonds. The molecule has 0 unspecified atom stereocenters. The van der Waals surface area contributed by atoms with Crippen LogP contribution in [0.3, 0.4) is 0 Å². The van der Waals surface area contributed by atoms with Gasteiger partial charge in [-0.25, -0.2) is 10.2 Å². The highest BCUT2D eigenvalue weighted by Gasteiger charge is 2.32. The number of para-hydroxylation sites is 1. The molecular weight excluding hydrogens is 644 g/mol. The second-order valence-electron chi connectivity index (χ2n) is 8.97. The Morgan fingerprint density at radius 3 is 2.64 bits per heavy atom. The Labute approximate surface area is 262 Å². The van der Waals surface area contributed by atoms with E-state index in [1.807, 2.05) is 30.3 Å². The minimum atomic E-state index is -0.629. The number of esters is 1. The van der Waals surface area contributed by atoms with E-state index < -0.39 is 17.9 Å². The number of benzene rings is 3. The Bertz CT molecular complexity index is 1550. The Hall–Kier alpha value is -3.93. The fourth-order valence-electron chi connectivity index (χ4n) is 4.13. The summed E-state index contributed by atoms with van der Waals surface area (Å²) in [6, 6.07) is 19.3. The van der Waals surface area contributed by atoms with Gasteiger partial charge in [0.2, 0.25) is 0 Å². The summed E-state index contributed by atoms with van der Waals surface area (Å²) in [4.78, 5) is 25.4. The number of thiocarbonyl (C=S) groups is 1. The molecule has 9 nitrogen and oxygen atoms in total. The Kier molecular flexibility index (Phi) is 10.9. The van der Waals surface area contributed by atoms with Gasteiger partial charge in [-0.2, -0.15) is 5.10 Å². The minimum absolute atomic E-state index is 0.223. The first-order valence-electron chi connectivity index (χ1n) is 12.9. The standard InChI is InChI=1S/C30H28BrClN4O5S/c1-3-39-29(38)27-18(2)34-30(42)35-28(27)22-9-5-7-11-25(22)41-17-26(37)36-33-15-20-14-21(31)12-13-24(20)40-16-19-8-4-6-10-23(19)32/h4-15,28H,3,16-17H2,1-2H3,(H,36,37)(H2,34,35,42)/t28-/m0/s1. The van der Waals surface area contributed by atoms with Crippen LogP contribution in [0.25, 0.3) is 0 Å². The van der Waals surface area contributed by atoms with Crippen LogP contribution < -0.4 is 25.5 Å². The van der Waals surface area contributed by atoms with Gasteiger partial charge in [0, 0.05) is 31.9 Å². The highest BCUT2D eigenvalue weighted by molar-refractivity contribution is 9.10. The second-order valence-corrected chi connectivity index (χ2v) is 10.7. The molecule has 1 aliphatic rings. The number of allylic oxidation sites excluding steroid dienone is 1. The van der Waals surface area contributed by atoms with Crippen LogP contribution >= 0.6 is 39.7 Å². The molecular formula is C30H28BrClN4O5S. The smallest absolute Gasteiger partial charge is 0.338 e. The number of carbonyl (C=O) groups is 2. The van der Waals surface area contributed by atoms with E-state index in [-0.39, 0.29) is 19.8 Å². The third kappa shape index (κ3) is 8.09. The number of ether oxygens (including phenoxy) is 3. The van der Waals surface area contributed by atoms with Crippen LogP contribution in [0.1, 0.15) is 36.6 Å². The summed E-state index contributed by atoms with van der Waals surface area (Å²) in [6.07, 6.45) is 1.48. The minimum Gasteiger partial charge on any atom is -0.488 e. The van der Waals surface area contributed by atoms with Gasteiger partial charge in [-0.15, -0.1) is 0 Å². The van der Waals surface area contributed by atoms with Crippen molar-refractivity contribution >= 4 is 63.0 Å². The van der Waals surface area contributed by atoms with Crippen molar-refractivity contribution in [3.8, 4) is 11.5 Å². The molecule has 42 heavy (non-hydrogen) atoms. The Morgan fingerprint density at radius 2 is 1.86 bits per heavy atom. The largest absolute Gasteiger partial charge is 0.488 e. The first-order chi connectivity index (χ1) is 20.3. The fraction of sp³-hybridized carbons (Fsp3) is 0.200. The maximum absolute atomic E-state index is 12.7. The van der Waals surface area contributed by atoms with Crippen molar-refractivity contribution in [2.75, 3.05) is 13.2 Å². The van der Waals surface area contributed by atoms with Crippen molar-refractivity contribution in [3.05, 3.63) is 104 Å². The predicted octanol–water partition coefficient (Wildman–Crippen LogP) is 5.57. The van der Waals surface area contributed by atoms with Crippen LogP contribution in [-0.2, 0) is 20.9 Å². The number of carbonyl (C=O) groups excluding carboxylic acids is 2. The van der Waals surface area contributed by atoms with Crippen molar-refractivity contribution in [2.45, 2.75) is 26.5 Å². The van der Waals surface area contributed by atoms with Gasteiger partial charge < -0.3 is 24.8 Å². The van der Waals surface area contributed by atoms with Crippen molar-refractivity contribution in [2.24, 2.45) is 5.10 Å². The van der Waals surface area contributed by atoms with Crippen molar-refractivity contribution < 1.29 is 23.8 Å². The number of hydrogen-bond donors (Lipinski definition) is 3. The molecule has 4 rings (SSSR count). The molecule has 0 radical (unpaired) electrons. The first kappa shape index (κ1) is 31.0. The van der Waals surface area contributed by atoms with Crippen LogP contribution in [0, 0.1) is 0 Å². The van der Waals surface area contributed by atoms with E-state index in [0.29, 0.717) is 44.0 Å². The SMILES string of the molecule is CCOC(=O)C1=C(C)NC(=S)N[C@H]1c1ccccc1OCC(=O)NN=Cc1cc(Br)ccc1OCc1ccccc1Cl. The van der Waals surface area contributed by atoms with Gasteiger partial charge in [0.05, 0.1) is 24.4 Å². The molecule has 0 aliphatic carbocycles. The molecule has 218 valence electrons. The molecule has 12 heteroatoms. The zero-order chi connectivity index (χ0) is 30.1. The van der Waals surface area contributed by atoms with E-state index >= 15 is 0 Å². The molecule has 0 bridgehead atoms. The van der Waals surface area contributed by atoms with Crippen molar-refractivity contribution in [1.29, 1.82) is 0 Å². The van der Waals surface area contributed by atoms with Gasteiger partial charge >= 0.3 is 5.97 Å². The van der Waals surface area contributed by atoms with Crippen molar-refractivity contribution in [3.63, 3.8) is 0 Å². The highest BCUT2D eigenvalue weighted by atomic mass is 79.9. The van der Waals surface area contributed by atoms with E-state index in [4.69, 9.17) is 38.0 Å².